The van der Waals surface area contributed by atoms with Crippen molar-refractivity contribution in [1.82, 2.24) is 15.1 Å². The fraction of sp³-hybridized carbons (Fsp3) is 0.933. The van der Waals surface area contributed by atoms with Crippen molar-refractivity contribution in [3.8, 4) is 0 Å². The molecule has 4 nitrogen and oxygen atoms in total. The molecule has 1 aliphatic heterocycles. The monoisotopic (exact) mass is 267 g/mol. The first-order valence-electron chi connectivity index (χ1n) is 7.96. The third-order valence-electron chi connectivity index (χ3n) is 4.81. The quantitative estimate of drug-likeness (QED) is 0.795. The minimum atomic E-state index is 0.00213. The van der Waals surface area contributed by atoms with E-state index in [0.29, 0.717) is 18.0 Å². The van der Waals surface area contributed by atoms with E-state index in [1.165, 1.54) is 25.7 Å². The van der Waals surface area contributed by atoms with E-state index in [-0.39, 0.29) is 6.04 Å². The molecule has 4 heteroatoms. The first kappa shape index (κ1) is 14.8. The van der Waals surface area contributed by atoms with Gasteiger partial charge in [0, 0.05) is 13.1 Å². The highest BCUT2D eigenvalue weighted by Crippen LogP contribution is 2.31. The van der Waals surface area contributed by atoms with Crippen molar-refractivity contribution < 1.29 is 4.79 Å². The highest BCUT2D eigenvalue weighted by Gasteiger charge is 2.40. The van der Waals surface area contributed by atoms with E-state index in [4.69, 9.17) is 0 Å². The number of carbonyl (C=O) groups excluding carboxylic acids is 1. The van der Waals surface area contributed by atoms with E-state index in [1.54, 1.807) is 0 Å². The van der Waals surface area contributed by atoms with Crippen LogP contribution in [0.5, 0.6) is 0 Å². The van der Waals surface area contributed by atoms with Gasteiger partial charge in [-0.2, -0.15) is 0 Å². The molecule has 1 amide bonds. The molecule has 0 aromatic carbocycles. The van der Waals surface area contributed by atoms with Gasteiger partial charge in [0.05, 0.1) is 12.2 Å². The molecule has 110 valence electrons. The highest BCUT2D eigenvalue weighted by atomic mass is 16.2. The predicted molar refractivity (Wildman–Crippen MR) is 77.8 cm³/mol. The van der Waals surface area contributed by atoms with Crippen LogP contribution in [0.4, 0.5) is 0 Å². The van der Waals surface area contributed by atoms with Crippen molar-refractivity contribution >= 4 is 5.91 Å². The molecule has 2 fully saturated rings. The van der Waals surface area contributed by atoms with Gasteiger partial charge in [0.2, 0.25) is 5.91 Å². The van der Waals surface area contributed by atoms with Crippen molar-refractivity contribution in [2.45, 2.75) is 58.7 Å². The standard InChI is InChI=1S/C15H29N3O/c1-4-17(5-2)10-11-18-14(13-8-6-7-9-13)16-12(3)15(18)19/h12-14,16H,4-11H2,1-3H3. The van der Waals surface area contributed by atoms with Crippen molar-refractivity contribution in [1.29, 1.82) is 0 Å². The normalized spacial score (nSPS) is 28.8. The molecule has 1 saturated carbocycles. The summed E-state index contributed by atoms with van der Waals surface area (Å²) in [5.41, 5.74) is 0. The second-order valence-electron chi connectivity index (χ2n) is 5.94. The summed E-state index contributed by atoms with van der Waals surface area (Å²) in [4.78, 5) is 16.8. The molecule has 1 N–H and O–H groups in total. The summed E-state index contributed by atoms with van der Waals surface area (Å²) in [6, 6.07) is 0.00213. The van der Waals surface area contributed by atoms with Gasteiger partial charge in [-0.15, -0.1) is 0 Å². The van der Waals surface area contributed by atoms with E-state index < -0.39 is 0 Å². The molecule has 0 aromatic rings. The lowest BCUT2D eigenvalue weighted by atomic mass is 10.0. The Morgan fingerprint density at radius 2 is 1.89 bits per heavy atom. The number of hydrogen-bond donors (Lipinski definition) is 1. The average molecular weight is 267 g/mol. The lowest BCUT2D eigenvalue weighted by Gasteiger charge is -2.31. The van der Waals surface area contributed by atoms with E-state index in [0.717, 1.165) is 26.2 Å². The molecule has 2 atom stereocenters. The molecule has 1 heterocycles. The number of rotatable bonds is 6. The number of nitrogens with zero attached hydrogens (tertiary/aromatic N) is 2. The molecule has 0 bridgehead atoms. The van der Waals surface area contributed by atoms with E-state index >= 15 is 0 Å². The minimum absolute atomic E-state index is 0.00213. The Morgan fingerprint density at radius 3 is 2.47 bits per heavy atom. The average Bonchev–Trinajstić information content (AvgIpc) is 3.02. The predicted octanol–water partition coefficient (Wildman–Crippen LogP) is 1.66. The van der Waals surface area contributed by atoms with Crippen molar-refractivity contribution in [3.05, 3.63) is 0 Å². The maximum Gasteiger partial charge on any atom is 0.240 e. The Balaban J connectivity index is 1.95. The summed E-state index contributed by atoms with van der Waals surface area (Å²) >= 11 is 0. The van der Waals surface area contributed by atoms with Crippen molar-refractivity contribution in [2.24, 2.45) is 5.92 Å². The number of carbonyl (C=O) groups is 1. The second kappa shape index (κ2) is 6.71. The van der Waals surface area contributed by atoms with Gasteiger partial charge in [-0.3, -0.25) is 10.1 Å². The maximum absolute atomic E-state index is 12.3. The Bertz CT molecular complexity index is 298. The summed E-state index contributed by atoms with van der Waals surface area (Å²) in [6.07, 6.45) is 5.50. The first-order valence-corrected chi connectivity index (χ1v) is 7.96. The van der Waals surface area contributed by atoms with Crippen LogP contribution in [0.3, 0.4) is 0 Å². The number of nitrogens with one attached hydrogen (secondary N) is 1. The van der Waals surface area contributed by atoms with Gasteiger partial charge in [0.15, 0.2) is 0 Å². The van der Waals surface area contributed by atoms with Gasteiger partial charge in [-0.1, -0.05) is 26.7 Å². The Morgan fingerprint density at radius 1 is 1.26 bits per heavy atom. The second-order valence-corrected chi connectivity index (χ2v) is 5.94. The zero-order chi connectivity index (χ0) is 13.8. The summed E-state index contributed by atoms with van der Waals surface area (Å²) in [5.74, 6) is 0.967. The van der Waals surface area contributed by atoms with E-state index in [1.807, 2.05) is 6.92 Å². The van der Waals surface area contributed by atoms with E-state index in [9.17, 15) is 4.79 Å². The fourth-order valence-electron chi connectivity index (χ4n) is 3.51. The first-order chi connectivity index (χ1) is 9.17. The lowest BCUT2D eigenvalue weighted by Crippen LogP contribution is -2.45. The maximum atomic E-state index is 12.3. The van der Waals surface area contributed by atoms with Gasteiger partial charge in [0.25, 0.3) is 0 Å². The number of amides is 1. The number of hydrogen-bond acceptors (Lipinski definition) is 3. The van der Waals surface area contributed by atoms with Crippen LogP contribution >= 0.6 is 0 Å². The van der Waals surface area contributed by atoms with Crippen molar-refractivity contribution in [3.63, 3.8) is 0 Å². The molecule has 2 rings (SSSR count). The Kier molecular flexibility index (Phi) is 5.22. The van der Waals surface area contributed by atoms with Gasteiger partial charge in [-0.25, -0.2) is 0 Å². The molecule has 0 radical (unpaired) electrons. The highest BCUT2D eigenvalue weighted by molar-refractivity contribution is 5.83. The molecule has 2 aliphatic rings. The van der Waals surface area contributed by atoms with Crippen LogP contribution in [0, 0.1) is 5.92 Å². The van der Waals surface area contributed by atoms with Crippen LogP contribution < -0.4 is 5.32 Å². The third kappa shape index (κ3) is 3.29. The van der Waals surface area contributed by atoms with Crippen LogP contribution in [0.15, 0.2) is 0 Å². The molecule has 19 heavy (non-hydrogen) atoms. The number of likely N-dealkylation sites (N-methyl/N-ethyl adjacent to an activating group) is 1. The Hall–Kier alpha value is -0.610. The van der Waals surface area contributed by atoms with Gasteiger partial charge in [0.1, 0.15) is 0 Å². The van der Waals surface area contributed by atoms with Crippen LogP contribution in [-0.2, 0) is 4.79 Å². The lowest BCUT2D eigenvalue weighted by molar-refractivity contribution is -0.130. The summed E-state index contributed by atoms with van der Waals surface area (Å²) in [7, 11) is 0. The zero-order valence-corrected chi connectivity index (χ0v) is 12.7. The van der Waals surface area contributed by atoms with Gasteiger partial charge < -0.3 is 9.80 Å². The fourth-order valence-corrected chi connectivity index (χ4v) is 3.51. The SMILES string of the molecule is CCN(CC)CCN1C(=O)C(C)NC1C1CCCC1. The van der Waals surface area contributed by atoms with Crippen LogP contribution in [0.25, 0.3) is 0 Å². The molecule has 2 unspecified atom stereocenters. The molecule has 0 aromatic heterocycles. The van der Waals surface area contributed by atoms with Gasteiger partial charge in [-0.05, 0) is 38.8 Å². The topological polar surface area (TPSA) is 35.6 Å². The van der Waals surface area contributed by atoms with Gasteiger partial charge >= 0.3 is 0 Å². The molecule has 0 spiro atoms. The van der Waals surface area contributed by atoms with Crippen LogP contribution in [0.1, 0.15) is 46.5 Å². The van der Waals surface area contributed by atoms with E-state index in [2.05, 4.69) is 29.0 Å². The van der Waals surface area contributed by atoms with Crippen molar-refractivity contribution in [2.75, 3.05) is 26.2 Å². The molecular weight excluding hydrogens is 238 g/mol. The third-order valence-corrected chi connectivity index (χ3v) is 4.81. The summed E-state index contributed by atoms with van der Waals surface area (Å²) in [6.45, 7) is 10.4. The summed E-state index contributed by atoms with van der Waals surface area (Å²) < 4.78 is 0. The zero-order valence-electron chi connectivity index (χ0n) is 12.7. The Labute approximate surface area is 117 Å². The molecule has 1 aliphatic carbocycles. The molecular formula is C15H29N3O. The minimum Gasteiger partial charge on any atom is -0.324 e. The summed E-state index contributed by atoms with van der Waals surface area (Å²) in [5, 5.41) is 3.51. The van der Waals surface area contributed by atoms with Crippen LogP contribution in [0.2, 0.25) is 0 Å². The smallest absolute Gasteiger partial charge is 0.240 e. The molecule has 1 saturated heterocycles. The van der Waals surface area contributed by atoms with Crippen LogP contribution in [-0.4, -0.2) is 54.1 Å². The largest absolute Gasteiger partial charge is 0.324 e.